The zero-order chi connectivity index (χ0) is 10.1. The quantitative estimate of drug-likeness (QED) is 0.752. The largest absolute Gasteiger partial charge is 0.275 e. The molecule has 0 unspecified atom stereocenters. The minimum absolute atomic E-state index is 0.280. The summed E-state index contributed by atoms with van der Waals surface area (Å²) in [6.45, 7) is 0. The Kier molecular flexibility index (Phi) is 2.39. The molecule has 0 amide bonds. The molecule has 0 aliphatic carbocycles. The fourth-order valence-corrected chi connectivity index (χ4v) is 1.51. The van der Waals surface area contributed by atoms with Crippen molar-refractivity contribution in [1.82, 2.24) is 19.7 Å². The molecule has 0 radical (unpaired) electrons. The molecular formula is C8H6Cl2N4. The van der Waals surface area contributed by atoms with E-state index in [2.05, 4.69) is 15.1 Å². The highest BCUT2D eigenvalue weighted by Crippen LogP contribution is 2.24. The predicted octanol–water partition coefficient (Wildman–Crippen LogP) is 2.18. The van der Waals surface area contributed by atoms with Crippen LogP contribution >= 0.6 is 23.2 Å². The topological polar surface area (TPSA) is 43.6 Å². The molecule has 2 aromatic rings. The Labute approximate surface area is 90.5 Å². The molecule has 0 aliphatic heterocycles. The van der Waals surface area contributed by atoms with Gasteiger partial charge in [-0.3, -0.25) is 4.68 Å². The third kappa shape index (κ3) is 1.71. The maximum Gasteiger partial charge on any atom is 0.157 e. The Balaban J connectivity index is 2.52. The lowest BCUT2D eigenvalue weighted by molar-refractivity contribution is 0.768. The normalized spacial score (nSPS) is 10.5. The van der Waals surface area contributed by atoms with Gasteiger partial charge in [-0.15, -0.1) is 0 Å². The number of rotatable bonds is 1. The van der Waals surface area contributed by atoms with E-state index in [9.17, 15) is 0 Å². The van der Waals surface area contributed by atoms with Crippen LogP contribution in [0.3, 0.4) is 0 Å². The highest BCUT2D eigenvalue weighted by atomic mass is 35.5. The van der Waals surface area contributed by atoms with Crippen LogP contribution in [0.5, 0.6) is 0 Å². The van der Waals surface area contributed by atoms with E-state index in [1.165, 1.54) is 6.20 Å². The first-order valence-corrected chi connectivity index (χ1v) is 4.59. The second-order valence-electron chi connectivity index (χ2n) is 2.73. The lowest BCUT2D eigenvalue weighted by Gasteiger charge is -1.98. The Morgan fingerprint density at radius 3 is 2.64 bits per heavy atom. The van der Waals surface area contributed by atoms with Gasteiger partial charge in [-0.1, -0.05) is 23.2 Å². The van der Waals surface area contributed by atoms with Crippen LogP contribution in [0.2, 0.25) is 10.3 Å². The Morgan fingerprint density at radius 2 is 2.07 bits per heavy atom. The minimum atomic E-state index is 0.280. The summed E-state index contributed by atoms with van der Waals surface area (Å²) in [5.41, 5.74) is 1.41. The van der Waals surface area contributed by atoms with Crippen LogP contribution in [-0.4, -0.2) is 19.7 Å². The summed E-state index contributed by atoms with van der Waals surface area (Å²) in [7, 11) is 1.82. The standard InChI is InChI=1S/C8H6Cl2N4/c1-14-4-5(2-12-14)7-8(10)13-6(9)3-11-7/h2-4H,1H3. The van der Waals surface area contributed by atoms with Crippen molar-refractivity contribution in [3.05, 3.63) is 28.9 Å². The van der Waals surface area contributed by atoms with E-state index in [-0.39, 0.29) is 10.3 Å². The zero-order valence-corrected chi connectivity index (χ0v) is 8.79. The molecule has 6 heteroatoms. The van der Waals surface area contributed by atoms with Gasteiger partial charge in [0.2, 0.25) is 0 Å². The minimum Gasteiger partial charge on any atom is -0.275 e. The molecule has 0 saturated heterocycles. The lowest BCUT2D eigenvalue weighted by atomic mass is 10.3. The Hall–Kier alpha value is -1.13. The molecule has 0 atom stereocenters. The van der Waals surface area contributed by atoms with E-state index in [0.717, 1.165) is 5.56 Å². The average Bonchev–Trinajstić information content (AvgIpc) is 2.51. The summed E-state index contributed by atoms with van der Waals surface area (Å²) < 4.78 is 1.67. The number of nitrogens with zero attached hydrogens (tertiary/aromatic N) is 4. The molecule has 72 valence electrons. The smallest absolute Gasteiger partial charge is 0.157 e. The number of aromatic nitrogens is 4. The molecule has 14 heavy (non-hydrogen) atoms. The van der Waals surface area contributed by atoms with Crippen molar-refractivity contribution in [1.29, 1.82) is 0 Å². The van der Waals surface area contributed by atoms with Crippen molar-refractivity contribution in [3.8, 4) is 11.3 Å². The van der Waals surface area contributed by atoms with Gasteiger partial charge < -0.3 is 0 Å². The number of aryl methyl sites for hydroxylation is 1. The first kappa shape index (κ1) is 9.43. The van der Waals surface area contributed by atoms with Crippen molar-refractivity contribution < 1.29 is 0 Å². The molecule has 0 aliphatic rings. The molecule has 0 spiro atoms. The van der Waals surface area contributed by atoms with Gasteiger partial charge in [-0.05, 0) is 0 Å². The van der Waals surface area contributed by atoms with Gasteiger partial charge in [0.25, 0.3) is 0 Å². The van der Waals surface area contributed by atoms with E-state index in [0.29, 0.717) is 5.69 Å². The average molecular weight is 229 g/mol. The van der Waals surface area contributed by atoms with Gasteiger partial charge in [-0.2, -0.15) is 5.10 Å². The van der Waals surface area contributed by atoms with Gasteiger partial charge in [0, 0.05) is 18.8 Å². The summed E-state index contributed by atoms with van der Waals surface area (Å²) in [6, 6.07) is 0. The number of halogens is 2. The van der Waals surface area contributed by atoms with E-state index in [4.69, 9.17) is 23.2 Å². The van der Waals surface area contributed by atoms with Crippen molar-refractivity contribution in [2.24, 2.45) is 7.05 Å². The third-order valence-corrected chi connectivity index (χ3v) is 2.12. The van der Waals surface area contributed by atoms with E-state index < -0.39 is 0 Å². The van der Waals surface area contributed by atoms with Crippen LogP contribution in [0.15, 0.2) is 18.6 Å². The zero-order valence-electron chi connectivity index (χ0n) is 7.28. The summed E-state index contributed by atoms with van der Waals surface area (Å²) in [5.74, 6) is 0. The third-order valence-electron chi connectivity index (χ3n) is 1.68. The van der Waals surface area contributed by atoms with Gasteiger partial charge in [0.05, 0.1) is 12.4 Å². The molecule has 2 aromatic heterocycles. The Morgan fingerprint density at radius 1 is 1.29 bits per heavy atom. The predicted molar refractivity (Wildman–Crippen MR) is 54.3 cm³/mol. The van der Waals surface area contributed by atoms with E-state index >= 15 is 0 Å². The lowest BCUT2D eigenvalue weighted by Crippen LogP contribution is -1.88. The number of hydrogen-bond acceptors (Lipinski definition) is 3. The summed E-state index contributed by atoms with van der Waals surface area (Å²) >= 11 is 11.5. The van der Waals surface area contributed by atoms with E-state index in [1.807, 2.05) is 13.2 Å². The molecule has 4 nitrogen and oxygen atoms in total. The molecular weight excluding hydrogens is 223 g/mol. The van der Waals surface area contributed by atoms with Crippen molar-refractivity contribution in [2.75, 3.05) is 0 Å². The molecule has 0 aromatic carbocycles. The molecule has 2 rings (SSSR count). The van der Waals surface area contributed by atoms with Gasteiger partial charge >= 0.3 is 0 Å². The second-order valence-corrected chi connectivity index (χ2v) is 3.48. The maximum absolute atomic E-state index is 5.88. The Bertz CT molecular complexity index is 466. The molecule has 2 heterocycles. The fourth-order valence-electron chi connectivity index (χ4n) is 1.08. The highest BCUT2D eigenvalue weighted by Gasteiger charge is 2.08. The van der Waals surface area contributed by atoms with Crippen molar-refractivity contribution >= 4 is 23.2 Å². The van der Waals surface area contributed by atoms with Crippen LogP contribution in [0.25, 0.3) is 11.3 Å². The highest BCUT2D eigenvalue weighted by molar-refractivity contribution is 6.33. The van der Waals surface area contributed by atoms with Crippen molar-refractivity contribution in [2.45, 2.75) is 0 Å². The SMILES string of the molecule is Cn1cc(-c2ncc(Cl)nc2Cl)cn1. The molecule has 0 N–H and O–H groups in total. The molecule has 0 saturated carbocycles. The maximum atomic E-state index is 5.88. The number of hydrogen-bond donors (Lipinski definition) is 0. The monoisotopic (exact) mass is 228 g/mol. The van der Waals surface area contributed by atoms with Crippen LogP contribution < -0.4 is 0 Å². The van der Waals surface area contributed by atoms with Crippen LogP contribution in [0.1, 0.15) is 0 Å². The first-order valence-electron chi connectivity index (χ1n) is 3.84. The summed E-state index contributed by atoms with van der Waals surface area (Å²) in [5, 5.41) is 4.58. The van der Waals surface area contributed by atoms with Crippen LogP contribution in [-0.2, 0) is 7.05 Å². The molecule has 0 fully saturated rings. The molecule has 0 bridgehead atoms. The second kappa shape index (κ2) is 3.55. The van der Waals surface area contributed by atoms with E-state index in [1.54, 1.807) is 10.9 Å². The van der Waals surface area contributed by atoms with Crippen LogP contribution in [0, 0.1) is 0 Å². The van der Waals surface area contributed by atoms with Crippen LogP contribution in [0.4, 0.5) is 0 Å². The van der Waals surface area contributed by atoms with Gasteiger partial charge in [0.15, 0.2) is 5.15 Å². The first-order chi connectivity index (χ1) is 6.66. The summed E-state index contributed by atoms with van der Waals surface area (Å²) in [6.07, 6.45) is 4.93. The van der Waals surface area contributed by atoms with Crippen molar-refractivity contribution in [3.63, 3.8) is 0 Å². The fraction of sp³-hybridized carbons (Fsp3) is 0.125. The summed E-state index contributed by atoms with van der Waals surface area (Å²) in [4.78, 5) is 7.97. The van der Waals surface area contributed by atoms with Gasteiger partial charge in [0.1, 0.15) is 10.8 Å². The van der Waals surface area contributed by atoms with Gasteiger partial charge in [-0.25, -0.2) is 9.97 Å².